The summed E-state index contributed by atoms with van der Waals surface area (Å²) in [6.07, 6.45) is 0. The number of hydrogen-bond donors (Lipinski definition) is 0. The predicted molar refractivity (Wildman–Crippen MR) is 271 cm³/mol. The minimum Gasteiger partial charge on any atom is -0.311 e. The number of benzene rings is 10. The third-order valence-electron chi connectivity index (χ3n) is 12.8. The lowest BCUT2D eigenvalue weighted by Crippen LogP contribution is -2.61. The molecule has 0 amide bonds. The van der Waals surface area contributed by atoms with Gasteiger partial charge in [0.2, 0.25) is 0 Å². The molecule has 10 aromatic carbocycles. The minimum atomic E-state index is -0.478. The van der Waals surface area contributed by atoms with E-state index in [0.717, 1.165) is 83.9 Å². The quantitative estimate of drug-likeness (QED) is 0.155. The van der Waals surface area contributed by atoms with E-state index in [1.54, 1.807) is 4.57 Å². The second-order valence-electron chi connectivity index (χ2n) is 16.3. The largest absolute Gasteiger partial charge is 0.311 e. The smallest absolute Gasteiger partial charge is 0.252 e. The summed E-state index contributed by atoms with van der Waals surface area (Å²) in [5, 5.41) is 0.0735. The van der Waals surface area contributed by atoms with Gasteiger partial charge in [0.15, 0.2) is 0 Å². The number of rotatable bonds is 6. The van der Waals surface area contributed by atoms with Crippen LogP contribution in [-0.4, -0.2) is 11.3 Å². The highest BCUT2D eigenvalue weighted by atomic mass is 15.2. The number of hydrogen-bond acceptors (Lipinski definition) is 2. The van der Waals surface area contributed by atoms with Crippen LogP contribution >= 0.6 is 0 Å². The minimum absolute atomic E-state index is 0.0367. The van der Waals surface area contributed by atoms with Gasteiger partial charge in [-0.15, -0.1) is 0 Å². The summed E-state index contributed by atoms with van der Waals surface area (Å²) in [5.41, 5.74) is 16.0. The van der Waals surface area contributed by atoms with E-state index >= 15 is 0 Å². The van der Waals surface area contributed by atoms with E-state index in [1.807, 2.05) is 42.5 Å². The second-order valence-corrected chi connectivity index (χ2v) is 16.3. The summed E-state index contributed by atoms with van der Waals surface area (Å²) in [6, 6.07) is 64.1. The van der Waals surface area contributed by atoms with Crippen LogP contribution in [-0.2, 0) is 0 Å². The van der Waals surface area contributed by atoms with Gasteiger partial charge >= 0.3 is 0 Å². The first kappa shape index (κ1) is 29.1. The Kier molecular flexibility index (Phi) is 6.65. The van der Waals surface area contributed by atoms with Gasteiger partial charge in [-0.3, -0.25) is 0 Å². The van der Waals surface area contributed by atoms with Crippen LogP contribution in [0.5, 0.6) is 0 Å². The molecule has 64 heavy (non-hydrogen) atoms. The van der Waals surface area contributed by atoms with Crippen molar-refractivity contribution in [3.05, 3.63) is 242 Å². The van der Waals surface area contributed by atoms with Gasteiger partial charge in [-0.1, -0.05) is 176 Å². The standard InChI is InChI=1S/C60H40BN3/c1-4-16-41(17-5-1)44-30-33-47(34-31-44)62-56-37-32-46(43-20-8-3-9-21-43)39-53(56)61-52-36-35-49(63-54-26-12-10-24-50(54)51-25-11-13-27-55(51)63)40-59(52)64(58-29-15-28-57(62)60(58)61)48-23-14-22-45(38-48)42-18-6-2-7-19-42/h1-40H/i10D,11D,12D,13D,24D,25D,26D,27D. The van der Waals surface area contributed by atoms with Crippen molar-refractivity contribution in [2.75, 3.05) is 9.80 Å². The monoisotopic (exact) mass is 821 g/mol. The molecule has 0 radical (unpaired) electrons. The first-order valence-electron chi connectivity index (χ1n) is 25.5. The molecule has 0 fully saturated rings. The highest BCUT2D eigenvalue weighted by Gasteiger charge is 2.43. The maximum absolute atomic E-state index is 9.33. The first-order valence-corrected chi connectivity index (χ1v) is 21.5. The highest BCUT2D eigenvalue weighted by Crippen LogP contribution is 2.46. The Morgan fingerprint density at radius 2 is 0.828 bits per heavy atom. The Morgan fingerprint density at radius 1 is 0.328 bits per heavy atom. The maximum Gasteiger partial charge on any atom is 0.252 e. The number of aromatic nitrogens is 1. The summed E-state index contributed by atoms with van der Waals surface area (Å²) >= 11 is 0. The molecule has 13 rings (SSSR count). The van der Waals surface area contributed by atoms with Crippen molar-refractivity contribution >= 4 is 79.0 Å². The summed E-state index contributed by atoms with van der Waals surface area (Å²) < 4.78 is 73.5. The zero-order valence-corrected chi connectivity index (χ0v) is 34.4. The van der Waals surface area contributed by atoms with E-state index in [2.05, 4.69) is 161 Å². The van der Waals surface area contributed by atoms with Gasteiger partial charge in [-0.2, -0.15) is 0 Å². The van der Waals surface area contributed by atoms with Crippen molar-refractivity contribution in [1.82, 2.24) is 4.57 Å². The molecule has 0 spiro atoms. The third-order valence-corrected chi connectivity index (χ3v) is 12.8. The third kappa shape index (κ3) is 5.70. The second kappa shape index (κ2) is 14.6. The molecular weight excluding hydrogens is 773 g/mol. The Labute approximate surface area is 384 Å². The fourth-order valence-corrected chi connectivity index (χ4v) is 10.00. The van der Waals surface area contributed by atoms with Crippen molar-refractivity contribution in [2.45, 2.75) is 0 Å². The molecule has 298 valence electrons. The highest BCUT2D eigenvalue weighted by molar-refractivity contribution is 7.00. The molecule has 0 aliphatic carbocycles. The molecule has 4 heteroatoms. The summed E-state index contributed by atoms with van der Waals surface area (Å²) in [4.78, 5) is 4.63. The normalized spacial score (nSPS) is 14.3. The van der Waals surface area contributed by atoms with E-state index in [1.165, 1.54) is 0 Å². The lowest BCUT2D eigenvalue weighted by molar-refractivity contribution is 1.17. The molecule has 3 heterocycles. The molecule has 0 bridgehead atoms. The molecular formula is C60H40BN3. The molecule has 1 aromatic heterocycles. The number of nitrogens with zero attached hydrogens (tertiary/aromatic N) is 3. The Hall–Kier alpha value is -8.34. The SMILES string of the molecule is [2H]c1c([2H])c([2H])c2c(c1[2H])c1c([2H])c([2H])c([2H])c([2H])c1n2-c1ccc2c(c1)N(c1cccc(-c3ccccc3)c1)c1cccc3c1B2c1cc(-c2ccccc2)ccc1N3c1ccc(-c2ccccc2)cc1. The Balaban J connectivity index is 1.11. The van der Waals surface area contributed by atoms with Crippen LogP contribution in [0.1, 0.15) is 11.0 Å². The van der Waals surface area contributed by atoms with Crippen LogP contribution in [0.3, 0.4) is 0 Å². The van der Waals surface area contributed by atoms with Crippen LogP contribution in [0, 0.1) is 0 Å². The van der Waals surface area contributed by atoms with Gasteiger partial charge in [0.25, 0.3) is 6.71 Å². The maximum atomic E-state index is 9.33. The topological polar surface area (TPSA) is 11.4 Å². The molecule has 0 saturated carbocycles. The number of fused-ring (bicyclic) bond motifs is 7. The van der Waals surface area contributed by atoms with Gasteiger partial charge in [0.05, 0.1) is 22.0 Å². The molecule has 2 aliphatic rings. The molecule has 0 unspecified atom stereocenters. The Morgan fingerprint density at radius 3 is 1.47 bits per heavy atom. The fraction of sp³-hybridized carbons (Fsp3) is 0. The Bertz CT molecular complexity index is 3960. The van der Waals surface area contributed by atoms with Crippen LogP contribution in [0.25, 0.3) is 60.9 Å². The van der Waals surface area contributed by atoms with Crippen molar-refractivity contribution in [1.29, 1.82) is 0 Å². The summed E-state index contributed by atoms with van der Waals surface area (Å²) in [6.45, 7) is -0.292. The van der Waals surface area contributed by atoms with Crippen molar-refractivity contribution in [3.8, 4) is 39.1 Å². The van der Waals surface area contributed by atoms with Crippen LogP contribution < -0.4 is 26.2 Å². The lowest BCUT2D eigenvalue weighted by atomic mass is 9.33. The van der Waals surface area contributed by atoms with Gasteiger partial charge in [-0.25, -0.2) is 0 Å². The van der Waals surface area contributed by atoms with Gasteiger partial charge in [-0.05, 0) is 116 Å². The van der Waals surface area contributed by atoms with Gasteiger partial charge in [0, 0.05) is 50.6 Å². The average molecular weight is 822 g/mol. The zero-order valence-electron chi connectivity index (χ0n) is 42.4. The zero-order chi connectivity index (χ0) is 49.1. The summed E-state index contributed by atoms with van der Waals surface area (Å²) in [5.74, 6) is 0. The average Bonchev–Trinajstić information content (AvgIpc) is 3.80. The number of anilines is 6. The molecule has 2 aliphatic heterocycles. The van der Waals surface area contributed by atoms with Crippen LogP contribution in [0.4, 0.5) is 34.1 Å². The number of para-hydroxylation sites is 2. The molecule has 0 atom stereocenters. The fourth-order valence-electron chi connectivity index (χ4n) is 10.00. The predicted octanol–water partition coefficient (Wildman–Crippen LogP) is 13.9. The van der Waals surface area contributed by atoms with E-state index in [4.69, 9.17) is 8.22 Å². The van der Waals surface area contributed by atoms with E-state index in [0.29, 0.717) is 5.69 Å². The van der Waals surface area contributed by atoms with Crippen LogP contribution in [0.2, 0.25) is 0 Å². The van der Waals surface area contributed by atoms with Crippen molar-refractivity contribution in [2.24, 2.45) is 0 Å². The molecule has 3 nitrogen and oxygen atoms in total. The first-order chi connectivity index (χ1) is 35.1. The molecule has 0 saturated heterocycles. The van der Waals surface area contributed by atoms with Crippen LogP contribution in [0.15, 0.2) is 242 Å². The van der Waals surface area contributed by atoms with Gasteiger partial charge < -0.3 is 14.4 Å². The lowest BCUT2D eigenvalue weighted by Gasteiger charge is -2.44. The van der Waals surface area contributed by atoms with Gasteiger partial charge in [0.1, 0.15) is 0 Å². The van der Waals surface area contributed by atoms with E-state index in [9.17, 15) is 2.74 Å². The molecule has 11 aromatic rings. The van der Waals surface area contributed by atoms with Crippen molar-refractivity contribution in [3.63, 3.8) is 0 Å². The van der Waals surface area contributed by atoms with Crippen molar-refractivity contribution < 1.29 is 11.0 Å². The van der Waals surface area contributed by atoms with E-state index in [-0.39, 0.29) is 52.7 Å². The van der Waals surface area contributed by atoms with E-state index < -0.39 is 24.2 Å². The molecule has 0 N–H and O–H groups in total. The summed E-state index contributed by atoms with van der Waals surface area (Å²) in [7, 11) is 0.